The van der Waals surface area contributed by atoms with Crippen LogP contribution in [0.4, 0.5) is 10.1 Å². The van der Waals surface area contributed by atoms with Crippen molar-refractivity contribution in [1.82, 2.24) is 4.90 Å². The molecule has 1 rings (SSSR count). The van der Waals surface area contributed by atoms with Crippen LogP contribution >= 0.6 is 0 Å². The molecule has 0 bridgehead atoms. The molecule has 0 amide bonds. The molecule has 0 heterocycles. The molecule has 106 valence electrons. The summed E-state index contributed by atoms with van der Waals surface area (Å²) in [6.07, 6.45) is 0. The number of aliphatic hydroxyl groups is 1. The van der Waals surface area contributed by atoms with Crippen LogP contribution < -0.4 is 0 Å². The molecule has 0 unspecified atom stereocenters. The average Bonchev–Trinajstić information content (AvgIpc) is 2.25. The quantitative estimate of drug-likeness (QED) is 0.636. The maximum atomic E-state index is 13.2. The van der Waals surface area contributed by atoms with E-state index in [4.69, 9.17) is 0 Å². The van der Waals surface area contributed by atoms with Gasteiger partial charge < -0.3 is 5.11 Å². The van der Waals surface area contributed by atoms with E-state index in [0.717, 1.165) is 6.07 Å². The fraction of sp³-hybridized carbons (Fsp3) is 0.538. The van der Waals surface area contributed by atoms with Crippen molar-refractivity contribution in [3.05, 3.63) is 39.7 Å². The number of hydrogen-bond acceptors (Lipinski definition) is 4. The van der Waals surface area contributed by atoms with E-state index in [0.29, 0.717) is 18.7 Å². The molecule has 0 atom stereocenters. The lowest BCUT2D eigenvalue weighted by Gasteiger charge is -2.27. The van der Waals surface area contributed by atoms with Crippen molar-refractivity contribution in [1.29, 1.82) is 0 Å². The molecule has 0 aliphatic heterocycles. The highest BCUT2D eigenvalue weighted by Gasteiger charge is 2.21. The highest BCUT2D eigenvalue weighted by Crippen LogP contribution is 2.22. The standard InChI is InChI=1S/C13H19FN2O3/c1-4-15(9-13(2,3)17)8-10-7-11(14)5-6-12(10)16(18)19/h5-7,17H,4,8-9H2,1-3H3. The van der Waals surface area contributed by atoms with Crippen molar-refractivity contribution >= 4 is 5.69 Å². The van der Waals surface area contributed by atoms with E-state index in [2.05, 4.69) is 0 Å². The molecular weight excluding hydrogens is 251 g/mol. The highest BCUT2D eigenvalue weighted by molar-refractivity contribution is 5.40. The van der Waals surface area contributed by atoms with Gasteiger partial charge in [0.2, 0.25) is 0 Å². The van der Waals surface area contributed by atoms with Crippen LogP contribution in [0, 0.1) is 15.9 Å². The minimum atomic E-state index is -0.905. The SMILES string of the molecule is CCN(Cc1cc(F)ccc1[N+](=O)[O-])CC(C)(C)O. The van der Waals surface area contributed by atoms with Gasteiger partial charge in [-0.2, -0.15) is 0 Å². The fourth-order valence-electron chi connectivity index (χ4n) is 1.93. The molecule has 0 saturated heterocycles. The minimum Gasteiger partial charge on any atom is -0.389 e. The molecule has 0 aromatic heterocycles. The molecule has 0 spiro atoms. The summed E-state index contributed by atoms with van der Waals surface area (Å²) >= 11 is 0. The molecule has 19 heavy (non-hydrogen) atoms. The van der Waals surface area contributed by atoms with Gasteiger partial charge in [-0.1, -0.05) is 6.92 Å². The predicted molar refractivity (Wildman–Crippen MR) is 70.3 cm³/mol. The molecule has 0 aliphatic rings. The van der Waals surface area contributed by atoms with E-state index in [9.17, 15) is 19.6 Å². The Balaban J connectivity index is 2.96. The van der Waals surface area contributed by atoms with Gasteiger partial charge in [-0.25, -0.2) is 4.39 Å². The van der Waals surface area contributed by atoms with Gasteiger partial charge in [0, 0.05) is 24.7 Å². The number of nitrogens with zero attached hydrogens (tertiary/aromatic N) is 2. The van der Waals surface area contributed by atoms with Crippen LogP contribution in [0.1, 0.15) is 26.3 Å². The second-order valence-corrected chi connectivity index (χ2v) is 5.15. The summed E-state index contributed by atoms with van der Waals surface area (Å²) in [4.78, 5) is 12.2. The zero-order valence-corrected chi connectivity index (χ0v) is 11.4. The zero-order chi connectivity index (χ0) is 14.6. The number of nitro benzene ring substituents is 1. The van der Waals surface area contributed by atoms with Gasteiger partial charge in [0.25, 0.3) is 5.69 Å². The summed E-state index contributed by atoms with van der Waals surface area (Å²) in [5.74, 6) is -0.500. The van der Waals surface area contributed by atoms with Gasteiger partial charge in [-0.3, -0.25) is 15.0 Å². The first-order valence-corrected chi connectivity index (χ1v) is 6.10. The van der Waals surface area contributed by atoms with Gasteiger partial charge in [0.05, 0.1) is 10.5 Å². The molecule has 5 nitrogen and oxygen atoms in total. The normalized spacial score (nSPS) is 11.9. The Bertz CT molecular complexity index is 458. The van der Waals surface area contributed by atoms with Crippen LogP contribution in [0.5, 0.6) is 0 Å². The minimum absolute atomic E-state index is 0.101. The average molecular weight is 270 g/mol. The van der Waals surface area contributed by atoms with Crippen LogP contribution in [-0.2, 0) is 6.54 Å². The van der Waals surface area contributed by atoms with Gasteiger partial charge in [-0.15, -0.1) is 0 Å². The number of halogens is 1. The van der Waals surface area contributed by atoms with Crippen molar-refractivity contribution in [2.45, 2.75) is 32.9 Å². The van der Waals surface area contributed by atoms with Crippen LogP contribution in [0.25, 0.3) is 0 Å². The zero-order valence-electron chi connectivity index (χ0n) is 11.4. The van der Waals surface area contributed by atoms with Crippen molar-refractivity contribution in [2.75, 3.05) is 13.1 Å². The largest absolute Gasteiger partial charge is 0.389 e. The number of nitro groups is 1. The van der Waals surface area contributed by atoms with Crippen molar-refractivity contribution in [2.24, 2.45) is 0 Å². The number of likely N-dealkylation sites (N-methyl/N-ethyl adjacent to an activating group) is 1. The van der Waals surface area contributed by atoms with Gasteiger partial charge in [0.15, 0.2) is 0 Å². The topological polar surface area (TPSA) is 66.6 Å². The number of rotatable bonds is 6. The lowest BCUT2D eigenvalue weighted by Crippen LogP contribution is -2.38. The Kier molecular flexibility index (Phi) is 4.97. The third-order valence-corrected chi connectivity index (χ3v) is 2.69. The molecule has 0 fully saturated rings. The molecule has 1 aromatic rings. The van der Waals surface area contributed by atoms with Crippen molar-refractivity contribution in [3.63, 3.8) is 0 Å². The Morgan fingerprint density at radius 1 is 1.47 bits per heavy atom. The van der Waals surface area contributed by atoms with E-state index in [1.165, 1.54) is 12.1 Å². The summed E-state index contributed by atoms with van der Waals surface area (Å²) < 4.78 is 13.2. The molecule has 6 heteroatoms. The molecule has 0 saturated carbocycles. The maximum absolute atomic E-state index is 13.2. The lowest BCUT2D eigenvalue weighted by molar-refractivity contribution is -0.385. The summed E-state index contributed by atoms with van der Waals surface area (Å²) in [7, 11) is 0. The lowest BCUT2D eigenvalue weighted by atomic mass is 10.1. The Morgan fingerprint density at radius 3 is 2.58 bits per heavy atom. The van der Waals surface area contributed by atoms with Crippen molar-refractivity contribution < 1.29 is 14.4 Å². The number of benzene rings is 1. The van der Waals surface area contributed by atoms with E-state index >= 15 is 0 Å². The Hall–Kier alpha value is -1.53. The Labute approximate surface area is 111 Å². The molecule has 0 aliphatic carbocycles. The smallest absolute Gasteiger partial charge is 0.274 e. The van der Waals surface area contributed by atoms with Crippen LogP contribution in [-0.4, -0.2) is 33.6 Å². The summed E-state index contributed by atoms with van der Waals surface area (Å²) in [6, 6.07) is 3.42. The fourth-order valence-corrected chi connectivity index (χ4v) is 1.93. The molecule has 1 aromatic carbocycles. The highest BCUT2D eigenvalue weighted by atomic mass is 19.1. The third-order valence-electron chi connectivity index (χ3n) is 2.69. The number of hydrogen-bond donors (Lipinski definition) is 1. The predicted octanol–water partition coefficient (Wildman–Crippen LogP) is 2.33. The van der Waals surface area contributed by atoms with E-state index in [1.807, 2.05) is 11.8 Å². The summed E-state index contributed by atoms with van der Waals surface area (Å²) in [5.41, 5.74) is -0.690. The Morgan fingerprint density at radius 2 is 2.11 bits per heavy atom. The van der Waals surface area contributed by atoms with E-state index < -0.39 is 16.3 Å². The maximum Gasteiger partial charge on any atom is 0.274 e. The molecule has 1 N–H and O–H groups in total. The summed E-state index contributed by atoms with van der Waals surface area (Å²) in [5, 5.41) is 20.7. The van der Waals surface area contributed by atoms with Gasteiger partial charge >= 0.3 is 0 Å². The molecule has 0 radical (unpaired) electrons. The van der Waals surface area contributed by atoms with Gasteiger partial charge in [0.1, 0.15) is 5.82 Å². The van der Waals surface area contributed by atoms with Crippen molar-refractivity contribution in [3.8, 4) is 0 Å². The van der Waals surface area contributed by atoms with Crippen LogP contribution in [0.2, 0.25) is 0 Å². The second-order valence-electron chi connectivity index (χ2n) is 5.15. The van der Waals surface area contributed by atoms with E-state index in [1.54, 1.807) is 13.8 Å². The molecular formula is C13H19FN2O3. The second kappa shape index (κ2) is 6.08. The van der Waals surface area contributed by atoms with E-state index in [-0.39, 0.29) is 12.2 Å². The first-order valence-electron chi connectivity index (χ1n) is 6.10. The van der Waals surface area contributed by atoms with Crippen LogP contribution in [0.3, 0.4) is 0 Å². The van der Waals surface area contributed by atoms with Crippen LogP contribution in [0.15, 0.2) is 18.2 Å². The van der Waals surface area contributed by atoms with Gasteiger partial charge in [-0.05, 0) is 32.5 Å². The first-order chi connectivity index (χ1) is 8.73. The summed E-state index contributed by atoms with van der Waals surface area (Å²) in [6.45, 7) is 6.41. The monoisotopic (exact) mass is 270 g/mol. The third kappa shape index (κ3) is 4.92. The first kappa shape index (κ1) is 15.5.